The van der Waals surface area contributed by atoms with Gasteiger partial charge in [0.15, 0.2) is 0 Å². The molecule has 1 amide bonds. The molecule has 1 aromatic rings. The summed E-state index contributed by atoms with van der Waals surface area (Å²) in [5.74, 6) is 1.52. The molecule has 0 unspecified atom stereocenters. The van der Waals surface area contributed by atoms with E-state index >= 15 is 0 Å². The molecule has 124 valence electrons. The molecule has 1 aliphatic rings. The monoisotopic (exact) mass is 324 g/mol. The van der Waals surface area contributed by atoms with E-state index in [0.29, 0.717) is 12.3 Å². The number of hydrogen-bond acceptors (Lipinski definition) is 2. The van der Waals surface area contributed by atoms with Crippen molar-refractivity contribution in [3.05, 3.63) is 35.9 Å². The van der Waals surface area contributed by atoms with E-state index in [1.165, 1.54) is 32.1 Å². The van der Waals surface area contributed by atoms with Crippen LogP contribution in [0.2, 0.25) is 0 Å². The SMILES string of the molecule is CCC1CCC(CNC(=O)[C@@H](N)Cc2ccccc2)CC1.Cl. The molecule has 3 N–H and O–H groups in total. The lowest BCUT2D eigenvalue weighted by Gasteiger charge is -2.28. The van der Waals surface area contributed by atoms with Crippen LogP contribution in [0.15, 0.2) is 30.3 Å². The summed E-state index contributed by atoms with van der Waals surface area (Å²) >= 11 is 0. The number of nitrogens with one attached hydrogen (secondary N) is 1. The molecule has 1 aliphatic carbocycles. The Morgan fingerprint density at radius 3 is 2.36 bits per heavy atom. The van der Waals surface area contributed by atoms with Crippen molar-refractivity contribution >= 4 is 18.3 Å². The molecule has 0 bridgehead atoms. The van der Waals surface area contributed by atoms with Gasteiger partial charge in [0.1, 0.15) is 0 Å². The standard InChI is InChI=1S/C18H28N2O.ClH/c1-2-14-8-10-16(11-9-14)13-20-18(21)17(19)12-15-6-4-3-5-7-15;/h3-7,14,16-17H,2,8-13,19H2,1H3,(H,20,21);1H/t14?,16?,17-;/m0./s1. The number of amides is 1. The third-order valence-electron chi connectivity index (χ3n) is 4.74. The first-order valence-corrected chi connectivity index (χ1v) is 8.26. The number of halogens is 1. The Hall–Kier alpha value is -1.06. The molecule has 4 heteroatoms. The van der Waals surface area contributed by atoms with Gasteiger partial charge >= 0.3 is 0 Å². The van der Waals surface area contributed by atoms with E-state index in [-0.39, 0.29) is 18.3 Å². The Labute approximate surface area is 140 Å². The second kappa shape index (κ2) is 9.86. The van der Waals surface area contributed by atoms with Gasteiger partial charge in [0.25, 0.3) is 0 Å². The predicted octanol–water partition coefficient (Wildman–Crippen LogP) is 3.31. The number of carbonyl (C=O) groups is 1. The molecule has 0 aromatic heterocycles. The van der Waals surface area contributed by atoms with Gasteiger partial charge < -0.3 is 11.1 Å². The average Bonchev–Trinajstić information content (AvgIpc) is 2.54. The van der Waals surface area contributed by atoms with Crippen molar-refractivity contribution in [3.8, 4) is 0 Å². The zero-order valence-electron chi connectivity index (χ0n) is 13.5. The van der Waals surface area contributed by atoms with Gasteiger partial charge in [-0.25, -0.2) is 0 Å². The lowest BCUT2D eigenvalue weighted by Crippen LogP contribution is -2.44. The first-order valence-electron chi connectivity index (χ1n) is 8.26. The van der Waals surface area contributed by atoms with Crippen LogP contribution in [-0.2, 0) is 11.2 Å². The first kappa shape index (κ1) is 19.0. The van der Waals surface area contributed by atoms with E-state index in [4.69, 9.17) is 5.73 Å². The van der Waals surface area contributed by atoms with E-state index < -0.39 is 6.04 Å². The lowest BCUT2D eigenvalue weighted by atomic mass is 9.81. The summed E-state index contributed by atoms with van der Waals surface area (Å²) in [4.78, 5) is 12.1. The van der Waals surface area contributed by atoms with Gasteiger partial charge in [-0.3, -0.25) is 4.79 Å². The Kier molecular flexibility index (Phi) is 8.51. The molecule has 1 aromatic carbocycles. The van der Waals surface area contributed by atoms with Crippen molar-refractivity contribution in [1.82, 2.24) is 5.32 Å². The van der Waals surface area contributed by atoms with E-state index in [9.17, 15) is 4.79 Å². The summed E-state index contributed by atoms with van der Waals surface area (Å²) in [5.41, 5.74) is 7.11. The lowest BCUT2D eigenvalue weighted by molar-refractivity contribution is -0.122. The normalized spacial score (nSPS) is 22.5. The van der Waals surface area contributed by atoms with Crippen LogP contribution in [0, 0.1) is 11.8 Å². The summed E-state index contributed by atoms with van der Waals surface area (Å²) < 4.78 is 0. The number of hydrogen-bond donors (Lipinski definition) is 2. The zero-order chi connectivity index (χ0) is 15.1. The Morgan fingerprint density at radius 1 is 1.18 bits per heavy atom. The van der Waals surface area contributed by atoms with Gasteiger partial charge in [0, 0.05) is 6.54 Å². The molecule has 0 heterocycles. The van der Waals surface area contributed by atoms with E-state index in [0.717, 1.165) is 18.0 Å². The fourth-order valence-electron chi connectivity index (χ4n) is 3.18. The molecular formula is C18H29ClN2O. The summed E-state index contributed by atoms with van der Waals surface area (Å²) in [6.07, 6.45) is 7.01. The fraction of sp³-hybridized carbons (Fsp3) is 0.611. The summed E-state index contributed by atoms with van der Waals surface area (Å²) in [6.45, 7) is 3.06. The second-order valence-electron chi connectivity index (χ2n) is 6.34. The highest BCUT2D eigenvalue weighted by Crippen LogP contribution is 2.30. The molecule has 0 spiro atoms. The van der Waals surface area contributed by atoms with E-state index in [2.05, 4.69) is 12.2 Å². The number of rotatable bonds is 6. The number of nitrogens with two attached hydrogens (primary N) is 1. The van der Waals surface area contributed by atoms with Gasteiger partial charge in [-0.05, 0) is 36.7 Å². The summed E-state index contributed by atoms with van der Waals surface area (Å²) in [7, 11) is 0. The molecule has 3 nitrogen and oxygen atoms in total. The van der Waals surface area contributed by atoms with Gasteiger partial charge in [0.2, 0.25) is 5.91 Å². The highest BCUT2D eigenvalue weighted by molar-refractivity contribution is 5.85. The number of carbonyl (C=O) groups excluding carboxylic acids is 1. The first-order chi connectivity index (χ1) is 10.2. The van der Waals surface area contributed by atoms with E-state index in [1.807, 2.05) is 30.3 Å². The Balaban J connectivity index is 0.00000242. The smallest absolute Gasteiger partial charge is 0.237 e. The minimum absolute atomic E-state index is 0. The van der Waals surface area contributed by atoms with Crippen molar-refractivity contribution in [2.45, 2.75) is 51.5 Å². The highest BCUT2D eigenvalue weighted by atomic mass is 35.5. The molecule has 2 rings (SSSR count). The summed E-state index contributed by atoms with van der Waals surface area (Å²) in [5, 5.41) is 3.04. The van der Waals surface area contributed by atoms with Crippen LogP contribution in [0.3, 0.4) is 0 Å². The quantitative estimate of drug-likeness (QED) is 0.843. The highest BCUT2D eigenvalue weighted by Gasteiger charge is 2.21. The zero-order valence-corrected chi connectivity index (χ0v) is 14.3. The van der Waals surface area contributed by atoms with Gasteiger partial charge in [0.05, 0.1) is 6.04 Å². The van der Waals surface area contributed by atoms with Crippen LogP contribution in [0.4, 0.5) is 0 Å². The van der Waals surface area contributed by atoms with Gasteiger partial charge in [-0.2, -0.15) is 0 Å². The van der Waals surface area contributed by atoms with Crippen molar-refractivity contribution < 1.29 is 4.79 Å². The Bertz CT molecular complexity index is 430. The average molecular weight is 325 g/mol. The van der Waals surface area contributed by atoms with Crippen LogP contribution < -0.4 is 11.1 Å². The molecule has 1 saturated carbocycles. The molecule has 0 aliphatic heterocycles. The molecule has 0 radical (unpaired) electrons. The van der Waals surface area contributed by atoms with E-state index in [1.54, 1.807) is 0 Å². The van der Waals surface area contributed by atoms with Crippen molar-refractivity contribution in [2.24, 2.45) is 17.6 Å². The third-order valence-corrected chi connectivity index (χ3v) is 4.74. The second-order valence-corrected chi connectivity index (χ2v) is 6.34. The van der Waals surface area contributed by atoms with Crippen LogP contribution >= 0.6 is 12.4 Å². The minimum Gasteiger partial charge on any atom is -0.354 e. The maximum absolute atomic E-state index is 12.1. The third kappa shape index (κ3) is 5.98. The van der Waals surface area contributed by atoms with Gasteiger partial charge in [-0.1, -0.05) is 56.5 Å². The maximum atomic E-state index is 12.1. The molecule has 1 atom stereocenters. The Morgan fingerprint density at radius 2 is 1.77 bits per heavy atom. The van der Waals surface area contributed by atoms with Crippen LogP contribution in [0.25, 0.3) is 0 Å². The van der Waals surface area contributed by atoms with Crippen molar-refractivity contribution in [1.29, 1.82) is 0 Å². The molecule has 0 saturated heterocycles. The largest absolute Gasteiger partial charge is 0.354 e. The molecular weight excluding hydrogens is 296 g/mol. The predicted molar refractivity (Wildman–Crippen MR) is 94.1 cm³/mol. The summed E-state index contributed by atoms with van der Waals surface area (Å²) in [6, 6.07) is 9.51. The van der Waals surface area contributed by atoms with Crippen molar-refractivity contribution in [2.75, 3.05) is 6.54 Å². The molecule has 1 fully saturated rings. The fourth-order valence-corrected chi connectivity index (χ4v) is 3.18. The van der Waals surface area contributed by atoms with Crippen molar-refractivity contribution in [3.63, 3.8) is 0 Å². The van der Waals surface area contributed by atoms with Crippen LogP contribution in [0.1, 0.15) is 44.6 Å². The van der Waals surface area contributed by atoms with Crippen LogP contribution in [-0.4, -0.2) is 18.5 Å². The minimum atomic E-state index is -0.445. The number of benzene rings is 1. The maximum Gasteiger partial charge on any atom is 0.237 e. The van der Waals surface area contributed by atoms with Crippen LogP contribution in [0.5, 0.6) is 0 Å². The topological polar surface area (TPSA) is 55.1 Å². The van der Waals surface area contributed by atoms with Gasteiger partial charge in [-0.15, -0.1) is 12.4 Å². The molecule has 22 heavy (non-hydrogen) atoms.